The Morgan fingerprint density at radius 1 is 1.07 bits per heavy atom. The molecule has 2 N–H and O–H groups in total. The van der Waals surface area contributed by atoms with Crippen LogP contribution < -0.4 is 4.72 Å². The molecule has 1 atom stereocenters. The summed E-state index contributed by atoms with van der Waals surface area (Å²) in [5.74, 6) is 0.271. The molecule has 0 saturated heterocycles. The zero-order valence-corrected chi connectivity index (χ0v) is 18.8. The van der Waals surface area contributed by atoms with Crippen molar-refractivity contribution in [3.05, 3.63) is 53.1 Å². The van der Waals surface area contributed by atoms with Crippen LogP contribution in [0.3, 0.4) is 0 Å². The van der Waals surface area contributed by atoms with Crippen molar-refractivity contribution in [3.8, 4) is 5.75 Å². The molecule has 0 spiro atoms. The Kier molecular flexibility index (Phi) is 8.40. The fourth-order valence-electron chi connectivity index (χ4n) is 3.08. The van der Waals surface area contributed by atoms with E-state index in [1.807, 2.05) is 38.1 Å². The Balaban J connectivity index is 2.08. The topological polar surface area (TPSA) is 66.4 Å². The molecule has 6 heteroatoms. The molecule has 2 aromatic rings. The Hall–Kier alpha value is -1.50. The smallest absolute Gasteiger partial charge is 0.240 e. The maximum Gasteiger partial charge on any atom is 0.240 e. The highest BCUT2D eigenvalue weighted by Gasteiger charge is 2.19. The molecule has 0 bridgehead atoms. The highest BCUT2D eigenvalue weighted by atomic mass is 32.2. The van der Waals surface area contributed by atoms with Gasteiger partial charge in [0.2, 0.25) is 10.0 Å². The van der Waals surface area contributed by atoms with Gasteiger partial charge in [0.1, 0.15) is 5.75 Å². The minimum atomic E-state index is -3.55. The normalized spacial score (nSPS) is 12.9. The molecule has 28 heavy (non-hydrogen) atoms. The summed E-state index contributed by atoms with van der Waals surface area (Å²) in [5.41, 5.74) is 2.90. The Morgan fingerprint density at radius 3 is 2.43 bits per heavy atom. The van der Waals surface area contributed by atoms with E-state index in [1.54, 1.807) is 23.9 Å². The molecule has 0 fully saturated rings. The Morgan fingerprint density at radius 2 is 1.79 bits per heavy atom. The number of aromatic hydroxyl groups is 1. The van der Waals surface area contributed by atoms with E-state index < -0.39 is 10.0 Å². The number of benzene rings is 2. The van der Waals surface area contributed by atoms with Crippen LogP contribution in [0.4, 0.5) is 0 Å². The first kappa shape index (κ1) is 22.8. The SMILES string of the molecule is CCCc1ccc(S(=O)(=O)NCC(C)Sc2ccc(O)c(C)c2)c(CCC)c1. The summed E-state index contributed by atoms with van der Waals surface area (Å²) in [7, 11) is -3.55. The van der Waals surface area contributed by atoms with E-state index in [9.17, 15) is 13.5 Å². The minimum Gasteiger partial charge on any atom is -0.508 e. The molecule has 2 aromatic carbocycles. The van der Waals surface area contributed by atoms with Gasteiger partial charge in [-0.1, -0.05) is 45.7 Å². The molecule has 0 aromatic heterocycles. The molecule has 0 heterocycles. The summed E-state index contributed by atoms with van der Waals surface area (Å²) < 4.78 is 28.6. The monoisotopic (exact) mass is 421 g/mol. The molecule has 0 amide bonds. The lowest BCUT2D eigenvalue weighted by Gasteiger charge is -2.16. The van der Waals surface area contributed by atoms with Crippen molar-refractivity contribution in [2.45, 2.75) is 68.4 Å². The zero-order valence-electron chi connectivity index (χ0n) is 17.2. The minimum absolute atomic E-state index is 0.0627. The van der Waals surface area contributed by atoms with Crippen LogP contribution in [0.15, 0.2) is 46.2 Å². The predicted molar refractivity (Wildman–Crippen MR) is 118 cm³/mol. The Labute approximate surface area is 173 Å². The van der Waals surface area contributed by atoms with E-state index in [4.69, 9.17) is 0 Å². The van der Waals surface area contributed by atoms with Gasteiger partial charge in [0.25, 0.3) is 0 Å². The predicted octanol–water partition coefficient (Wildman–Crippen LogP) is 5.06. The lowest BCUT2D eigenvalue weighted by molar-refractivity contribution is 0.470. The molecule has 0 aliphatic rings. The summed E-state index contributed by atoms with van der Waals surface area (Å²) >= 11 is 1.59. The van der Waals surface area contributed by atoms with Gasteiger partial charge in [-0.2, -0.15) is 0 Å². The third kappa shape index (κ3) is 6.26. The first-order valence-corrected chi connectivity index (χ1v) is 12.2. The molecule has 4 nitrogen and oxygen atoms in total. The van der Waals surface area contributed by atoms with Crippen molar-refractivity contribution < 1.29 is 13.5 Å². The van der Waals surface area contributed by atoms with E-state index in [-0.39, 0.29) is 11.0 Å². The number of phenols is 1. The second-order valence-electron chi connectivity index (χ2n) is 7.17. The van der Waals surface area contributed by atoms with Gasteiger partial charge < -0.3 is 5.11 Å². The van der Waals surface area contributed by atoms with Gasteiger partial charge >= 0.3 is 0 Å². The number of rotatable bonds is 10. The van der Waals surface area contributed by atoms with Gasteiger partial charge in [0.05, 0.1) is 4.90 Å². The average molecular weight is 422 g/mol. The molecule has 0 saturated carbocycles. The van der Waals surface area contributed by atoms with Gasteiger partial charge in [-0.05, 0) is 60.7 Å². The van der Waals surface area contributed by atoms with Crippen LogP contribution in [-0.2, 0) is 22.9 Å². The third-order valence-electron chi connectivity index (χ3n) is 4.54. The fraction of sp³-hybridized carbons (Fsp3) is 0.455. The van der Waals surface area contributed by atoms with Crippen LogP contribution in [0, 0.1) is 6.92 Å². The zero-order chi connectivity index (χ0) is 20.7. The van der Waals surface area contributed by atoms with Crippen LogP contribution in [0.2, 0.25) is 0 Å². The van der Waals surface area contributed by atoms with E-state index in [1.165, 1.54) is 5.56 Å². The lowest BCUT2D eigenvalue weighted by Crippen LogP contribution is -2.30. The van der Waals surface area contributed by atoms with E-state index >= 15 is 0 Å². The van der Waals surface area contributed by atoms with Crippen LogP contribution >= 0.6 is 11.8 Å². The van der Waals surface area contributed by atoms with Crippen LogP contribution in [-0.4, -0.2) is 25.3 Å². The van der Waals surface area contributed by atoms with E-state index in [0.717, 1.165) is 41.7 Å². The summed E-state index contributed by atoms with van der Waals surface area (Å²) in [4.78, 5) is 1.41. The maximum absolute atomic E-state index is 12.9. The van der Waals surface area contributed by atoms with E-state index in [2.05, 4.69) is 18.6 Å². The summed E-state index contributed by atoms with van der Waals surface area (Å²) in [6.45, 7) is 8.38. The van der Waals surface area contributed by atoms with Crippen LogP contribution in [0.1, 0.15) is 50.3 Å². The third-order valence-corrected chi connectivity index (χ3v) is 7.16. The molecule has 0 radical (unpaired) electrons. The summed E-state index contributed by atoms with van der Waals surface area (Å²) in [6, 6.07) is 11.1. The second kappa shape index (κ2) is 10.3. The number of phenolic OH excluding ortho intramolecular Hbond substituents is 1. The summed E-state index contributed by atoms with van der Waals surface area (Å²) in [5, 5.41) is 9.70. The van der Waals surface area contributed by atoms with Crippen LogP contribution in [0.25, 0.3) is 0 Å². The molecular weight excluding hydrogens is 390 g/mol. The first-order valence-electron chi connectivity index (χ1n) is 9.84. The molecular formula is C22H31NO3S2. The van der Waals surface area contributed by atoms with Crippen molar-refractivity contribution >= 4 is 21.8 Å². The molecule has 2 rings (SSSR count). The molecule has 1 unspecified atom stereocenters. The molecule has 154 valence electrons. The van der Waals surface area contributed by atoms with Crippen molar-refractivity contribution in [2.75, 3.05) is 6.54 Å². The van der Waals surface area contributed by atoms with Gasteiger partial charge in [0, 0.05) is 16.7 Å². The average Bonchev–Trinajstić information content (AvgIpc) is 2.64. The fourth-order valence-corrected chi connectivity index (χ4v) is 5.59. The van der Waals surface area contributed by atoms with Crippen molar-refractivity contribution in [1.82, 2.24) is 4.72 Å². The maximum atomic E-state index is 12.9. The first-order chi connectivity index (χ1) is 13.3. The number of sulfonamides is 1. The van der Waals surface area contributed by atoms with Gasteiger partial charge in [-0.25, -0.2) is 13.1 Å². The highest BCUT2D eigenvalue weighted by molar-refractivity contribution is 8.00. The van der Waals surface area contributed by atoms with Crippen molar-refractivity contribution in [2.24, 2.45) is 0 Å². The number of aryl methyl sites for hydroxylation is 3. The molecule has 0 aliphatic carbocycles. The second-order valence-corrected chi connectivity index (χ2v) is 10.4. The largest absolute Gasteiger partial charge is 0.508 e. The van der Waals surface area contributed by atoms with Crippen molar-refractivity contribution in [3.63, 3.8) is 0 Å². The van der Waals surface area contributed by atoms with Gasteiger partial charge in [0.15, 0.2) is 0 Å². The number of nitrogens with one attached hydrogen (secondary N) is 1. The van der Waals surface area contributed by atoms with Gasteiger partial charge in [-0.15, -0.1) is 11.8 Å². The van der Waals surface area contributed by atoms with Crippen LogP contribution in [0.5, 0.6) is 5.75 Å². The quantitative estimate of drug-likeness (QED) is 0.526. The standard InChI is InChI=1S/C22H31NO3S2/c1-5-7-18-9-12-22(19(14-18)8-6-2)28(25,26)23-15-17(4)27-20-10-11-21(24)16(3)13-20/h9-14,17,23-24H,5-8,15H2,1-4H3. The number of hydrogen-bond donors (Lipinski definition) is 2. The number of hydrogen-bond acceptors (Lipinski definition) is 4. The van der Waals surface area contributed by atoms with Crippen molar-refractivity contribution in [1.29, 1.82) is 0 Å². The molecule has 0 aliphatic heterocycles. The van der Waals surface area contributed by atoms with E-state index in [0.29, 0.717) is 11.4 Å². The summed E-state index contributed by atoms with van der Waals surface area (Å²) in [6.07, 6.45) is 3.67. The number of thioether (sulfide) groups is 1. The Bertz CT molecular complexity index is 895. The highest BCUT2D eigenvalue weighted by Crippen LogP contribution is 2.28. The van der Waals surface area contributed by atoms with Gasteiger partial charge in [-0.3, -0.25) is 0 Å². The lowest BCUT2D eigenvalue weighted by atomic mass is 10.0.